The van der Waals surface area contributed by atoms with Crippen LogP contribution >= 0.6 is 23.4 Å². The van der Waals surface area contributed by atoms with Crippen LogP contribution in [-0.2, 0) is 4.79 Å². The first-order chi connectivity index (χ1) is 16.1. The molecule has 1 heterocycles. The zero-order chi connectivity index (χ0) is 23.0. The molecule has 0 unspecified atom stereocenters. The Morgan fingerprint density at radius 2 is 1.55 bits per heavy atom. The molecular formula is C23H19ClN6O2S. The number of hydrogen-bond donors (Lipinski definition) is 3. The first-order valence-corrected chi connectivity index (χ1v) is 11.2. The maximum atomic E-state index is 12.5. The van der Waals surface area contributed by atoms with Gasteiger partial charge < -0.3 is 16.0 Å². The number of nitrogens with one attached hydrogen (secondary N) is 3. The van der Waals surface area contributed by atoms with Crippen LogP contribution < -0.4 is 16.0 Å². The highest BCUT2D eigenvalue weighted by atomic mass is 35.5. The van der Waals surface area contributed by atoms with E-state index in [1.807, 2.05) is 30.3 Å². The monoisotopic (exact) mass is 478 g/mol. The third-order valence-corrected chi connectivity index (χ3v) is 5.55. The number of benzene rings is 3. The van der Waals surface area contributed by atoms with Crippen molar-refractivity contribution >= 4 is 52.4 Å². The van der Waals surface area contributed by atoms with Crippen LogP contribution in [0.25, 0.3) is 5.69 Å². The molecule has 0 aliphatic heterocycles. The Bertz CT molecular complexity index is 1260. The first kappa shape index (κ1) is 22.4. The summed E-state index contributed by atoms with van der Waals surface area (Å²) in [6, 6.07) is 23.0. The number of aromatic nitrogens is 3. The highest BCUT2D eigenvalue weighted by Gasteiger charge is 2.11. The number of halogens is 1. The molecule has 10 heteroatoms. The van der Waals surface area contributed by atoms with Crippen molar-refractivity contribution in [3.05, 3.63) is 90.2 Å². The van der Waals surface area contributed by atoms with Gasteiger partial charge in [-0.25, -0.2) is 4.79 Å². The molecule has 3 N–H and O–H groups in total. The van der Waals surface area contributed by atoms with Gasteiger partial charge in [0, 0.05) is 22.1 Å². The highest BCUT2D eigenvalue weighted by Crippen LogP contribution is 2.22. The number of nitrogens with zero attached hydrogens (tertiary/aromatic N) is 3. The third-order valence-electron chi connectivity index (χ3n) is 4.37. The molecule has 0 fully saturated rings. The smallest absolute Gasteiger partial charge is 0.323 e. The molecule has 3 aromatic carbocycles. The van der Waals surface area contributed by atoms with E-state index in [0.717, 1.165) is 5.69 Å². The van der Waals surface area contributed by atoms with Crippen molar-refractivity contribution in [3.8, 4) is 5.69 Å². The van der Waals surface area contributed by atoms with Gasteiger partial charge in [0.1, 0.15) is 6.33 Å². The molecule has 1 aromatic heterocycles. The molecule has 0 radical (unpaired) electrons. The SMILES string of the molecule is O=C(CSc1nncn1-c1cccc(Cl)c1)Nc1cccc(NC(=O)Nc2ccccc2)c1. The van der Waals surface area contributed by atoms with E-state index in [1.165, 1.54) is 11.8 Å². The summed E-state index contributed by atoms with van der Waals surface area (Å²) in [6.07, 6.45) is 1.57. The number of rotatable bonds is 7. The Morgan fingerprint density at radius 3 is 2.33 bits per heavy atom. The van der Waals surface area contributed by atoms with E-state index in [1.54, 1.807) is 59.4 Å². The first-order valence-electron chi connectivity index (χ1n) is 9.88. The second-order valence-electron chi connectivity index (χ2n) is 6.83. The van der Waals surface area contributed by atoms with E-state index >= 15 is 0 Å². The van der Waals surface area contributed by atoms with E-state index in [0.29, 0.717) is 27.2 Å². The number of anilines is 3. The van der Waals surface area contributed by atoms with E-state index in [2.05, 4.69) is 26.1 Å². The summed E-state index contributed by atoms with van der Waals surface area (Å²) in [5, 5.41) is 17.5. The minimum Gasteiger partial charge on any atom is -0.325 e. The normalized spacial score (nSPS) is 10.5. The van der Waals surface area contributed by atoms with E-state index in [-0.39, 0.29) is 17.7 Å². The van der Waals surface area contributed by atoms with Gasteiger partial charge in [-0.05, 0) is 48.5 Å². The van der Waals surface area contributed by atoms with E-state index in [4.69, 9.17) is 11.6 Å². The third kappa shape index (κ3) is 6.34. The van der Waals surface area contributed by atoms with Crippen LogP contribution in [0.1, 0.15) is 0 Å². The summed E-state index contributed by atoms with van der Waals surface area (Å²) in [4.78, 5) is 24.7. The number of amides is 3. The molecule has 166 valence electrons. The zero-order valence-electron chi connectivity index (χ0n) is 17.2. The second kappa shape index (κ2) is 10.7. The molecule has 0 saturated heterocycles. The minimum absolute atomic E-state index is 0.130. The van der Waals surface area contributed by atoms with Gasteiger partial charge in [-0.15, -0.1) is 10.2 Å². The number of urea groups is 1. The van der Waals surface area contributed by atoms with Crippen LogP contribution in [0.4, 0.5) is 21.9 Å². The standard InChI is InChI=1S/C23H19ClN6O2S/c24-16-6-4-11-20(12-16)30-15-25-29-23(30)33-14-21(31)26-18-9-5-10-19(13-18)28-22(32)27-17-7-2-1-3-8-17/h1-13,15H,14H2,(H,26,31)(H2,27,28,32). The molecule has 33 heavy (non-hydrogen) atoms. The predicted molar refractivity (Wildman–Crippen MR) is 131 cm³/mol. The van der Waals surface area contributed by atoms with Crippen LogP contribution in [0.2, 0.25) is 5.02 Å². The maximum absolute atomic E-state index is 12.5. The van der Waals surface area contributed by atoms with Gasteiger partial charge in [0.15, 0.2) is 5.16 Å². The predicted octanol–water partition coefficient (Wildman–Crippen LogP) is 5.30. The molecule has 0 saturated carbocycles. The molecular weight excluding hydrogens is 460 g/mol. The number of para-hydroxylation sites is 1. The highest BCUT2D eigenvalue weighted by molar-refractivity contribution is 7.99. The topological polar surface area (TPSA) is 101 Å². The molecule has 0 bridgehead atoms. The van der Waals surface area contributed by atoms with Gasteiger partial charge >= 0.3 is 6.03 Å². The summed E-state index contributed by atoms with van der Waals surface area (Å²) in [5.74, 6) is -0.0858. The molecule has 0 atom stereocenters. The lowest BCUT2D eigenvalue weighted by molar-refractivity contribution is -0.113. The van der Waals surface area contributed by atoms with Gasteiger partial charge in [-0.2, -0.15) is 0 Å². The van der Waals surface area contributed by atoms with Gasteiger partial charge in [0.25, 0.3) is 0 Å². The average molecular weight is 479 g/mol. The van der Waals surface area contributed by atoms with Gasteiger partial charge in [-0.1, -0.05) is 53.7 Å². The fourth-order valence-corrected chi connectivity index (χ4v) is 3.86. The molecule has 8 nitrogen and oxygen atoms in total. The van der Waals surface area contributed by atoms with Gasteiger partial charge in [-0.3, -0.25) is 9.36 Å². The summed E-state index contributed by atoms with van der Waals surface area (Å²) >= 11 is 7.31. The Kier molecular flexibility index (Phi) is 7.23. The van der Waals surface area contributed by atoms with Crippen molar-refractivity contribution in [2.24, 2.45) is 0 Å². The maximum Gasteiger partial charge on any atom is 0.323 e. The lowest BCUT2D eigenvalue weighted by Crippen LogP contribution is -2.19. The van der Waals surface area contributed by atoms with Crippen LogP contribution in [0.3, 0.4) is 0 Å². The lowest BCUT2D eigenvalue weighted by Gasteiger charge is -2.10. The van der Waals surface area contributed by atoms with Crippen molar-refractivity contribution in [2.75, 3.05) is 21.7 Å². The summed E-state index contributed by atoms with van der Waals surface area (Å²) < 4.78 is 1.76. The molecule has 0 aliphatic rings. The van der Waals surface area contributed by atoms with Crippen molar-refractivity contribution in [3.63, 3.8) is 0 Å². The summed E-state index contributed by atoms with van der Waals surface area (Å²) in [5.41, 5.74) is 2.61. The quantitative estimate of drug-likeness (QED) is 0.313. The van der Waals surface area contributed by atoms with Crippen molar-refractivity contribution in [1.82, 2.24) is 14.8 Å². The fraction of sp³-hybridized carbons (Fsp3) is 0.0435. The van der Waals surface area contributed by atoms with Crippen LogP contribution in [0.5, 0.6) is 0 Å². The van der Waals surface area contributed by atoms with Crippen LogP contribution in [0, 0.1) is 0 Å². The Balaban J connectivity index is 1.32. The Morgan fingerprint density at radius 1 is 0.848 bits per heavy atom. The zero-order valence-corrected chi connectivity index (χ0v) is 18.8. The summed E-state index contributed by atoms with van der Waals surface area (Å²) in [6.45, 7) is 0. The number of thioether (sulfide) groups is 1. The number of carbonyl (C=O) groups excluding carboxylic acids is 2. The Labute approximate surface area is 199 Å². The average Bonchev–Trinajstić information content (AvgIpc) is 3.27. The molecule has 0 aliphatic carbocycles. The molecule has 3 amide bonds. The minimum atomic E-state index is -0.374. The van der Waals surface area contributed by atoms with Gasteiger partial charge in [0.05, 0.1) is 11.4 Å². The molecule has 4 rings (SSSR count). The fourth-order valence-electron chi connectivity index (χ4n) is 2.94. The Hall–Kier alpha value is -3.82. The van der Waals surface area contributed by atoms with E-state index < -0.39 is 0 Å². The van der Waals surface area contributed by atoms with Crippen molar-refractivity contribution < 1.29 is 9.59 Å². The summed E-state index contributed by atoms with van der Waals surface area (Å²) in [7, 11) is 0. The molecule has 4 aromatic rings. The van der Waals surface area contributed by atoms with Crippen LogP contribution in [-0.4, -0.2) is 32.5 Å². The van der Waals surface area contributed by atoms with Crippen molar-refractivity contribution in [1.29, 1.82) is 0 Å². The largest absolute Gasteiger partial charge is 0.325 e. The number of carbonyl (C=O) groups is 2. The lowest BCUT2D eigenvalue weighted by atomic mass is 10.2. The second-order valence-corrected chi connectivity index (χ2v) is 8.21. The van der Waals surface area contributed by atoms with Crippen LogP contribution in [0.15, 0.2) is 90.3 Å². The number of hydrogen-bond acceptors (Lipinski definition) is 5. The van der Waals surface area contributed by atoms with E-state index in [9.17, 15) is 9.59 Å². The molecule has 0 spiro atoms. The van der Waals surface area contributed by atoms with Crippen molar-refractivity contribution in [2.45, 2.75) is 5.16 Å². The van der Waals surface area contributed by atoms with Gasteiger partial charge in [0.2, 0.25) is 5.91 Å².